The van der Waals surface area contributed by atoms with Crippen LogP contribution in [0.4, 0.5) is 0 Å². The lowest BCUT2D eigenvalue weighted by Crippen LogP contribution is -2.24. The van der Waals surface area contributed by atoms with E-state index in [0.29, 0.717) is 11.8 Å². The number of hydrogen-bond donors (Lipinski definition) is 0. The van der Waals surface area contributed by atoms with Crippen LogP contribution >= 0.6 is 0 Å². The van der Waals surface area contributed by atoms with E-state index in [-0.39, 0.29) is 5.41 Å². The third-order valence-corrected chi connectivity index (χ3v) is 4.24. The van der Waals surface area contributed by atoms with Crippen LogP contribution in [0.2, 0.25) is 0 Å². The summed E-state index contributed by atoms with van der Waals surface area (Å²) >= 11 is 0. The highest BCUT2D eigenvalue weighted by atomic mass is 14.5. The van der Waals surface area contributed by atoms with E-state index in [2.05, 4.69) is 63.3 Å². The lowest BCUT2D eigenvalue weighted by molar-refractivity contribution is 0.393. The highest BCUT2D eigenvalue weighted by Gasteiger charge is 2.44. The average molecular weight is 210 g/mol. The number of benzene rings is 1. The topological polar surface area (TPSA) is 0 Å². The first kappa shape index (κ1) is 9.89. The monoisotopic (exact) mass is 210 g/mol. The maximum absolute atomic E-state index is 2.43. The number of fused-ring (bicyclic) bond motifs is 3. The predicted molar refractivity (Wildman–Crippen MR) is 68.6 cm³/mol. The zero-order valence-corrected chi connectivity index (χ0v) is 10.2. The summed E-state index contributed by atoms with van der Waals surface area (Å²) in [7, 11) is 0. The molecule has 0 nitrogen and oxygen atoms in total. The zero-order valence-electron chi connectivity index (χ0n) is 10.2. The predicted octanol–water partition coefficient (Wildman–Crippen LogP) is 4.19. The van der Waals surface area contributed by atoms with Crippen molar-refractivity contribution in [1.29, 1.82) is 0 Å². The van der Waals surface area contributed by atoms with E-state index >= 15 is 0 Å². The molecule has 2 atom stereocenters. The summed E-state index contributed by atoms with van der Waals surface area (Å²) in [5.41, 5.74) is 4.73. The van der Waals surface area contributed by atoms with Crippen LogP contribution in [0.15, 0.2) is 48.1 Å². The van der Waals surface area contributed by atoms with E-state index < -0.39 is 0 Å². The molecule has 0 spiro atoms. The maximum atomic E-state index is 2.43. The van der Waals surface area contributed by atoms with E-state index in [9.17, 15) is 0 Å². The second-order valence-corrected chi connectivity index (χ2v) is 5.63. The molecule has 16 heavy (non-hydrogen) atoms. The van der Waals surface area contributed by atoms with Crippen LogP contribution in [-0.4, -0.2) is 0 Å². The van der Waals surface area contributed by atoms with Gasteiger partial charge in [0.15, 0.2) is 0 Å². The molecule has 0 heteroatoms. The van der Waals surface area contributed by atoms with E-state index in [0.717, 1.165) is 0 Å². The standard InChI is InChI=1S/C16H18/c1-11-8-9-15-13(10-11)12-6-4-5-7-14(12)16(15,2)3/h4-10,13,15H,1-3H3. The molecular formula is C16H18. The molecule has 0 saturated heterocycles. The Bertz CT molecular complexity index is 489. The van der Waals surface area contributed by atoms with Crippen LogP contribution < -0.4 is 0 Å². The Morgan fingerprint density at radius 2 is 1.88 bits per heavy atom. The van der Waals surface area contributed by atoms with Crippen LogP contribution in [0.3, 0.4) is 0 Å². The van der Waals surface area contributed by atoms with Gasteiger partial charge in [0.2, 0.25) is 0 Å². The molecule has 1 aromatic rings. The van der Waals surface area contributed by atoms with Crippen molar-refractivity contribution >= 4 is 0 Å². The average Bonchev–Trinajstić information content (AvgIpc) is 2.49. The SMILES string of the molecule is CC1=CC2c3ccccc3C(C)(C)C2C=C1. The molecule has 0 bridgehead atoms. The van der Waals surface area contributed by atoms with Gasteiger partial charge in [-0.25, -0.2) is 0 Å². The molecule has 2 unspecified atom stereocenters. The molecule has 0 fully saturated rings. The number of allylic oxidation sites excluding steroid dienone is 4. The van der Waals surface area contributed by atoms with Crippen LogP contribution in [0.1, 0.15) is 37.8 Å². The third-order valence-electron chi connectivity index (χ3n) is 4.24. The molecule has 2 aliphatic carbocycles. The van der Waals surface area contributed by atoms with Crippen molar-refractivity contribution in [1.82, 2.24) is 0 Å². The van der Waals surface area contributed by atoms with Crippen molar-refractivity contribution in [2.45, 2.75) is 32.1 Å². The largest absolute Gasteiger partial charge is 0.0794 e. The highest BCUT2D eigenvalue weighted by Crippen LogP contribution is 2.53. The molecule has 82 valence electrons. The molecular weight excluding hydrogens is 192 g/mol. The molecule has 0 heterocycles. The summed E-state index contributed by atoms with van der Waals surface area (Å²) in [6.45, 7) is 6.94. The second kappa shape index (κ2) is 3.10. The first-order valence-electron chi connectivity index (χ1n) is 6.07. The normalized spacial score (nSPS) is 29.6. The summed E-state index contributed by atoms with van der Waals surface area (Å²) in [5.74, 6) is 1.23. The fourth-order valence-electron chi connectivity index (χ4n) is 3.34. The molecule has 1 aromatic carbocycles. The van der Waals surface area contributed by atoms with Gasteiger partial charge < -0.3 is 0 Å². The van der Waals surface area contributed by atoms with Gasteiger partial charge in [0.25, 0.3) is 0 Å². The fraction of sp³-hybridized carbons (Fsp3) is 0.375. The Balaban J connectivity index is 2.22. The zero-order chi connectivity index (χ0) is 11.3. The highest BCUT2D eigenvalue weighted by molar-refractivity contribution is 5.50. The maximum Gasteiger partial charge on any atom is 0.00979 e. The van der Waals surface area contributed by atoms with Gasteiger partial charge in [0.1, 0.15) is 0 Å². The quantitative estimate of drug-likeness (QED) is 0.602. The Morgan fingerprint density at radius 1 is 1.12 bits per heavy atom. The van der Waals surface area contributed by atoms with Crippen LogP contribution in [0.5, 0.6) is 0 Å². The van der Waals surface area contributed by atoms with E-state index in [4.69, 9.17) is 0 Å². The van der Waals surface area contributed by atoms with Crippen molar-refractivity contribution in [3.8, 4) is 0 Å². The summed E-state index contributed by atoms with van der Waals surface area (Å²) in [6.07, 6.45) is 7.10. The van der Waals surface area contributed by atoms with Gasteiger partial charge in [0, 0.05) is 5.92 Å². The summed E-state index contributed by atoms with van der Waals surface area (Å²) in [4.78, 5) is 0. The van der Waals surface area contributed by atoms with Crippen molar-refractivity contribution < 1.29 is 0 Å². The summed E-state index contributed by atoms with van der Waals surface area (Å²) < 4.78 is 0. The molecule has 0 aliphatic heterocycles. The number of hydrogen-bond acceptors (Lipinski definition) is 0. The van der Waals surface area contributed by atoms with E-state index in [1.807, 2.05) is 0 Å². The van der Waals surface area contributed by atoms with Gasteiger partial charge in [-0.05, 0) is 29.4 Å². The van der Waals surface area contributed by atoms with Gasteiger partial charge in [-0.3, -0.25) is 0 Å². The minimum Gasteiger partial charge on any atom is -0.0794 e. The van der Waals surface area contributed by atoms with Gasteiger partial charge in [-0.15, -0.1) is 0 Å². The van der Waals surface area contributed by atoms with Crippen molar-refractivity contribution in [2.75, 3.05) is 0 Å². The van der Waals surface area contributed by atoms with E-state index in [1.165, 1.54) is 16.7 Å². The molecule has 0 saturated carbocycles. The molecule has 0 amide bonds. The van der Waals surface area contributed by atoms with Gasteiger partial charge >= 0.3 is 0 Å². The first-order chi connectivity index (χ1) is 7.60. The molecule has 0 aromatic heterocycles. The Labute approximate surface area is 97.7 Å². The van der Waals surface area contributed by atoms with E-state index in [1.54, 1.807) is 0 Å². The Kier molecular flexibility index (Phi) is 1.92. The van der Waals surface area contributed by atoms with Crippen molar-refractivity contribution in [3.05, 3.63) is 59.2 Å². The minimum absolute atomic E-state index is 0.273. The lowest BCUT2D eigenvalue weighted by atomic mass is 9.74. The third kappa shape index (κ3) is 1.16. The van der Waals surface area contributed by atoms with Gasteiger partial charge in [0.05, 0.1) is 0 Å². The second-order valence-electron chi connectivity index (χ2n) is 5.63. The lowest BCUT2D eigenvalue weighted by Gasteiger charge is -2.30. The number of rotatable bonds is 0. The Morgan fingerprint density at radius 3 is 2.69 bits per heavy atom. The van der Waals surface area contributed by atoms with Crippen molar-refractivity contribution in [3.63, 3.8) is 0 Å². The van der Waals surface area contributed by atoms with Gasteiger partial charge in [-0.2, -0.15) is 0 Å². The fourth-order valence-corrected chi connectivity index (χ4v) is 3.34. The van der Waals surface area contributed by atoms with Gasteiger partial charge in [-0.1, -0.05) is 61.9 Å². The van der Waals surface area contributed by atoms with Crippen LogP contribution in [0, 0.1) is 5.92 Å². The summed E-state index contributed by atoms with van der Waals surface area (Å²) in [6, 6.07) is 8.92. The summed E-state index contributed by atoms with van der Waals surface area (Å²) in [5, 5.41) is 0. The van der Waals surface area contributed by atoms with Crippen LogP contribution in [-0.2, 0) is 5.41 Å². The smallest absolute Gasteiger partial charge is 0.00979 e. The molecule has 2 aliphatic rings. The van der Waals surface area contributed by atoms with Crippen LogP contribution in [0.25, 0.3) is 0 Å². The minimum atomic E-state index is 0.273. The van der Waals surface area contributed by atoms with Crippen molar-refractivity contribution in [2.24, 2.45) is 5.92 Å². The molecule has 0 radical (unpaired) electrons. The molecule has 3 rings (SSSR count). The first-order valence-corrected chi connectivity index (χ1v) is 6.07. The Hall–Kier alpha value is -1.30. The molecule has 0 N–H and O–H groups in total.